The quantitative estimate of drug-likeness (QED) is 0.190. The highest BCUT2D eigenvalue weighted by Gasteiger charge is 2.31. The summed E-state index contributed by atoms with van der Waals surface area (Å²) in [5, 5.41) is 17.6. The standard InChI is InChI=1S/C49H29N/c50-30-35-26-25-34(29-44(35)38-22-11-18-31-13-7-8-19-36(31)38)37-27-28-43-47-39(37)23-12-24-42(47)48-45(32-14-3-1-4-15-32)40-20-9-10-21-41(40)46(49(43)48)33-16-5-2-6-17-33/h1-29H. The van der Waals surface area contributed by atoms with Gasteiger partial charge < -0.3 is 0 Å². The van der Waals surface area contributed by atoms with E-state index in [0.29, 0.717) is 5.56 Å². The van der Waals surface area contributed by atoms with Gasteiger partial charge in [0.25, 0.3) is 0 Å². The van der Waals surface area contributed by atoms with Crippen molar-refractivity contribution >= 4 is 32.3 Å². The summed E-state index contributed by atoms with van der Waals surface area (Å²) in [7, 11) is 0. The molecule has 1 heteroatoms. The molecule has 0 aliphatic heterocycles. The third-order valence-electron chi connectivity index (χ3n) is 10.5. The van der Waals surface area contributed by atoms with Crippen LogP contribution in [0.4, 0.5) is 0 Å². The summed E-state index contributed by atoms with van der Waals surface area (Å²) in [5.74, 6) is 0. The summed E-state index contributed by atoms with van der Waals surface area (Å²) in [5.41, 5.74) is 15.1. The lowest BCUT2D eigenvalue weighted by molar-refractivity contribution is 1.48. The van der Waals surface area contributed by atoms with E-state index in [-0.39, 0.29) is 0 Å². The largest absolute Gasteiger partial charge is 0.192 e. The molecule has 0 spiro atoms. The molecule has 0 radical (unpaired) electrons. The Morgan fingerprint density at radius 2 is 0.840 bits per heavy atom. The highest BCUT2D eigenvalue weighted by atomic mass is 14.3. The fraction of sp³-hybridized carbons (Fsp3) is 0. The highest BCUT2D eigenvalue weighted by Crippen LogP contribution is 2.58. The van der Waals surface area contributed by atoms with Gasteiger partial charge in [-0.15, -0.1) is 0 Å². The van der Waals surface area contributed by atoms with Gasteiger partial charge in [-0.25, -0.2) is 0 Å². The van der Waals surface area contributed by atoms with Crippen LogP contribution < -0.4 is 0 Å². The van der Waals surface area contributed by atoms with Crippen LogP contribution >= 0.6 is 0 Å². The van der Waals surface area contributed by atoms with Gasteiger partial charge in [-0.3, -0.25) is 0 Å². The molecule has 0 aromatic heterocycles. The van der Waals surface area contributed by atoms with Crippen molar-refractivity contribution in [2.45, 2.75) is 0 Å². The minimum atomic E-state index is 0.676. The van der Waals surface area contributed by atoms with Crippen molar-refractivity contribution in [3.63, 3.8) is 0 Å². The zero-order valence-electron chi connectivity index (χ0n) is 27.2. The molecule has 0 saturated carbocycles. The highest BCUT2D eigenvalue weighted by molar-refractivity contribution is 6.28. The van der Waals surface area contributed by atoms with E-state index >= 15 is 0 Å². The van der Waals surface area contributed by atoms with Crippen LogP contribution in [0.2, 0.25) is 0 Å². The van der Waals surface area contributed by atoms with Crippen LogP contribution in [-0.2, 0) is 0 Å². The SMILES string of the molecule is N#Cc1ccc(-c2ccc3c4c(cccc24)-c2c-3c(-c3ccccc3)c3ccccc3c2-c2ccccc2)cc1-c1cccc2ccccc12. The first-order chi connectivity index (χ1) is 24.8. The molecule has 1 nitrogen and oxygen atoms in total. The normalized spacial score (nSPS) is 11.6. The molecule has 0 fully saturated rings. The second-order valence-electron chi connectivity index (χ2n) is 13.1. The molecule has 1 aliphatic carbocycles. The summed E-state index contributed by atoms with van der Waals surface area (Å²) in [4.78, 5) is 0. The Bertz CT molecular complexity index is 2760. The number of hydrogen-bond acceptors (Lipinski definition) is 1. The van der Waals surface area contributed by atoms with E-state index in [2.05, 4.69) is 176 Å². The predicted molar refractivity (Wildman–Crippen MR) is 210 cm³/mol. The van der Waals surface area contributed by atoms with E-state index < -0.39 is 0 Å². The average Bonchev–Trinajstić information content (AvgIpc) is 3.52. The molecular weight excluding hydrogens is 603 g/mol. The molecule has 0 unspecified atom stereocenters. The summed E-state index contributed by atoms with van der Waals surface area (Å²) < 4.78 is 0. The molecular formula is C49H29N. The van der Waals surface area contributed by atoms with Crippen molar-refractivity contribution in [3.05, 3.63) is 181 Å². The lowest BCUT2D eigenvalue weighted by Gasteiger charge is -2.20. The Hall–Kier alpha value is -6.75. The summed E-state index contributed by atoms with van der Waals surface area (Å²) >= 11 is 0. The molecule has 1 aliphatic rings. The minimum absolute atomic E-state index is 0.676. The van der Waals surface area contributed by atoms with Gasteiger partial charge in [0.05, 0.1) is 11.6 Å². The number of nitrogens with zero attached hydrogens (tertiary/aromatic N) is 1. The fourth-order valence-corrected chi connectivity index (χ4v) is 8.35. The lowest BCUT2D eigenvalue weighted by atomic mass is 9.82. The molecule has 0 bridgehead atoms. The maximum Gasteiger partial charge on any atom is 0.0998 e. The minimum Gasteiger partial charge on any atom is -0.192 e. The molecule has 0 heterocycles. The first kappa shape index (κ1) is 28.3. The molecule has 230 valence electrons. The Labute approximate surface area is 291 Å². The van der Waals surface area contributed by atoms with E-state index in [1.54, 1.807) is 0 Å². The van der Waals surface area contributed by atoms with E-state index in [0.717, 1.165) is 27.6 Å². The number of nitriles is 1. The van der Waals surface area contributed by atoms with Crippen LogP contribution in [0.3, 0.4) is 0 Å². The molecule has 9 aromatic carbocycles. The van der Waals surface area contributed by atoms with Crippen LogP contribution in [0.1, 0.15) is 5.56 Å². The monoisotopic (exact) mass is 631 g/mol. The van der Waals surface area contributed by atoms with Crippen LogP contribution in [0.25, 0.3) is 99.1 Å². The van der Waals surface area contributed by atoms with E-state index in [4.69, 9.17) is 0 Å². The van der Waals surface area contributed by atoms with E-state index in [9.17, 15) is 5.26 Å². The van der Waals surface area contributed by atoms with Gasteiger partial charge in [-0.1, -0.05) is 164 Å². The van der Waals surface area contributed by atoms with Crippen LogP contribution in [0, 0.1) is 11.3 Å². The summed E-state index contributed by atoms with van der Waals surface area (Å²) in [6.45, 7) is 0. The van der Waals surface area contributed by atoms with Crippen molar-refractivity contribution in [3.8, 4) is 72.8 Å². The zero-order chi connectivity index (χ0) is 33.2. The molecule has 50 heavy (non-hydrogen) atoms. The Morgan fingerprint density at radius 3 is 1.52 bits per heavy atom. The number of rotatable bonds is 4. The van der Waals surface area contributed by atoms with Gasteiger partial charge >= 0.3 is 0 Å². The van der Waals surface area contributed by atoms with Crippen molar-refractivity contribution in [2.24, 2.45) is 0 Å². The molecule has 9 aromatic rings. The molecule has 0 amide bonds. The van der Waals surface area contributed by atoms with Crippen molar-refractivity contribution in [2.75, 3.05) is 0 Å². The van der Waals surface area contributed by atoms with Crippen LogP contribution in [-0.4, -0.2) is 0 Å². The summed E-state index contributed by atoms with van der Waals surface area (Å²) in [6.07, 6.45) is 0. The van der Waals surface area contributed by atoms with E-state index in [1.165, 1.54) is 71.4 Å². The third-order valence-corrected chi connectivity index (χ3v) is 10.5. The average molecular weight is 632 g/mol. The fourth-order valence-electron chi connectivity index (χ4n) is 8.35. The maximum absolute atomic E-state index is 10.2. The first-order valence-electron chi connectivity index (χ1n) is 17.1. The molecule has 0 N–H and O–H groups in total. The van der Waals surface area contributed by atoms with Crippen molar-refractivity contribution < 1.29 is 0 Å². The Kier molecular flexibility index (Phi) is 6.31. The van der Waals surface area contributed by atoms with Gasteiger partial charge in [0.1, 0.15) is 0 Å². The molecule has 0 atom stereocenters. The maximum atomic E-state index is 10.2. The summed E-state index contributed by atoms with van der Waals surface area (Å²) in [6, 6.07) is 65.5. The number of benzene rings is 9. The Balaban J connectivity index is 1.28. The van der Waals surface area contributed by atoms with Gasteiger partial charge in [-0.2, -0.15) is 5.26 Å². The van der Waals surface area contributed by atoms with Crippen LogP contribution in [0.5, 0.6) is 0 Å². The second kappa shape index (κ2) is 11.2. The molecule has 0 saturated heterocycles. The van der Waals surface area contributed by atoms with E-state index in [1.807, 2.05) is 6.07 Å². The second-order valence-corrected chi connectivity index (χ2v) is 13.1. The Morgan fingerprint density at radius 1 is 0.320 bits per heavy atom. The first-order valence-corrected chi connectivity index (χ1v) is 17.1. The third kappa shape index (κ3) is 4.13. The molecule has 10 rings (SSSR count). The van der Waals surface area contributed by atoms with Crippen molar-refractivity contribution in [1.82, 2.24) is 0 Å². The predicted octanol–water partition coefficient (Wildman–Crippen LogP) is 13.3. The van der Waals surface area contributed by atoms with Gasteiger partial charge in [0.2, 0.25) is 0 Å². The lowest BCUT2D eigenvalue weighted by Crippen LogP contribution is -1.93. The van der Waals surface area contributed by atoms with Gasteiger partial charge in [-0.05, 0) is 106 Å². The smallest absolute Gasteiger partial charge is 0.0998 e. The van der Waals surface area contributed by atoms with Gasteiger partial charge in [0, 0.05) is 5.56 Å². The number of hydrogen-bond donors (Lipinski definition) is 0. The topological polar surface area (TPSA) is 23.8 Å². The van der Waals surface area contributed by atoms with Crippen molar-refractivity contribution in [1.29, 1.82) is 5.26 Å². The zero-order valence-corrected chi connectivity index (χ0v) is 27.2. The van der Waals surface area contributed by atoms with Crippen LogP contribution in [0.15, 0.2) is 176 Å². The number of fused-ring (bicyclic) bond motifs is 5. The van der Waals surface area contributed by atoms with Gasteiger partial charge in [0.15, 0.2) is 0 Å².